The molecule has 3 amide bonds. The number of ether oxygens (including phenoxy) is 4. The van der Waals surface area contributed by atoms with Crippen LogP contribution < -0.4 is 30.2 Å². The quantitative estimate of drug-likeness (QED) is 0.0686. The van der Waals surface area contributed by atoms with Crippen LogP contribution in [0.15, 0.2) is 119 Å². The van der Waals surface area contributed by atoms with Crippen molar-refractivity contribution in [2.24, 2.45) is 0 Å². The first-order chi connectivity index (χ1) is 32.8. The van der Waals surface area contributed by atoms with Gasteiger partial charge in [0.1, 0.15) is 34.3 Å². The topological polar surface area (TPSA) is 260 Å². The highest BCUT2D eigenvalue weighted by molar-refractivity contribution is 7.93. The van der Waals surface area contributed by atoms with Crippen LogP contribution in [0.2, 0.25) is 0 Å². The van der Waals surface area contributed by atoms with Crippen molar-refractivity contribution < 1.29 is 55.3 Å². The van der Waals surface area contributed by atoms with Gasteiger partial charge in [-0.15, -0.1) is 10.2 Å². The number of carboxylic acid groups (broad SMARTS) is 1. The summed E-state index contributed by atoms with van der Waals surface area (Å²) in [5, 5.41) is 29.8. The fraction of sp³-hybridized carbons (Fsp3) is 0.277. The summed E-state index contributed by atoms with van der Waals surface area (Å²) in [7, 11) is -5.22. The van der Waals surface area contributed by atoms with Crippen LogP contribution in [-0.4, -0.2) is 110 Å². The van der Waals surface area contributed by atoms with Crippen molar-refractivity contribution in [3.63, 3.8) is 0 Å². The Morgan fingerprint density at radius 2 is 1.26 bits per heavy atom. The Morgan fingerprint density at radius 1 is 0.710 bits per heavy atom. The Kier molecular flexibility index (Phi) is 16.2. The molecule has 0 atom stereocenters. The van der Waals surface area contributed by atoms with E-state index in [2.05, 4.69) is 26.0 Å². The molecule has 0 unspecified atom stereocenters. The van der Waals surface area contributed by atoms with Gasteiger partial charge in [0.05, 0.1) is 44.1 Å². The van der Waals surface area contributed by atoms with Gasteiger partial charge in [-0.1, -0.05) is 60.7 Å². The van der Waals surface area contributed by atoms with Gasteiger partial charge in [0, 0.05) is 30.9 Å². The van der Waals surface area contributed by atoms with E-state index in [1.54, 1.807) is 112 Å². The first kappa shape index (κ1) is 50.8. The molecular weight excluding hydrogens is 933 g/mol. The summed E-state index contributed by atoms with van der Waals surface area (Å²) >= 11 is 0. The lowest BCUT2D eigenvalue weighted by atomic mass is 9.97. The zero-order valence-electron chi connectivity index (χ0n) is 38.6. The zero-order chi connectivity index (χ0) is 49.9. The van der Waals surface area contributed by atoms with Crippen molar-refractivity contribution in [2.75, 3.05) is 45.5 Å². The maximum Gasteiger partial charge on any atom is 0.408 e. The summed E-state index contributed by atoms with van der Waals surface area (Å²) in [6.45, 7) is 3.40. The Labute approximate surface area is 399 Å². The zero-order valence-corrected chi connectivity index (χ0v) is 40.3. The molecule has 0 aliphatic heterocycles. The van der Waals surface area contributed by atoms with Crippen LogP contribution in [0.4, 0.5) is 15.3 Å². The number of nitrogens with zero attached hydrogens (tertiary/aromatic N) is 5. The number of amides is 3. The lowest BCUT2D eigenvalue weighted by Crippen LogP contribution is -2.37. The maximum absolute atomic E-state index is 16.0. The van der Waals surface area contributed by atoms with Gasteiger partial charge >= 0.3 is 12.2 Å². The highest BCUT2D eigenvalue weighted by Crippen LogP contribution is 2.43. The molecule has 0 spiro atoms. The van der Waals surface area contributed by atoms with Crippen LogP contribution in [0.3, 0.4) is 0 Å². The minimum Gasteiger partial charge on any atom is -0.497 e. The van der Waals surface area contributed by atoms with Gasteiger partial charge in [-0.3, -0.25) is 4.79 Å². The predicted octanol–water partition coefficient (Wildman–Crippen LogP) is 5.98. The summed E-state index contributed by atoms with van der Waals surface area (Å²) < 4.78 is 83.5. The monoisotopic (exact) mass is 984 g/mol. The van der Waals surface area contributed by atoms with Crippen LogP contribution in [0, 0.1) is 0 Å². The van der Waals surface area contributed by atoms with Crippen molar-refractivity contribution in [1.29, 1.82) is 0 Å². The number of sulfone groups is 1. The number of methoxy groups -OCH3 is 3. The molecule has 0 bridgehead atoms. The van der Waals surface area contributed by atoms with Crippen molar-refractivity contribution in [3.8, 4) is 39.8 Å². The van der Waals surface area contributed by atoms with E-state index in [9.17, 15) is 27.9 Å². The third-order valence-electron chi connectivity index (χ3n) is 10.2. The van der Waals surface area contributed by atoms with Crippen molar-refractivity contribution >= 4 is 43.6 Å². The van der Waals surface area contributed by atoms with Crippen LogP contribution in [-0.2, 0) is 49.0 Å². The summed E-state index contributed by atoms with van der Waals surface area (Å²) in [6, 6.07) is 29.1. The Bertz CT molecular complexity index is 2950. The third kappa shape index (κ3) is 13.3. The summed E-state index contributed by atoms with van der Waals surface area (Å²) in [6.07, 6.45) is -2.33. The van der Waals surface area contributed by atoms with Gasteiger partial charge in [-0.05, 0) is 96.8 Å². The van der Waals surface area contributed by atoms with Gasteiger partial charge in [-0.2, -0.15) is 9.10 Å². The fourth-order valence-electron chi connectivity index (χ4n) is 6.93. The minimum atomic E-state index is -5.04. The summed E-state index contributed by atoms with van der Waals surface area (Å²) in [4.78, 5) is 37.2. The van der Waals surface area contributed by atoms with E-state index in [0.717, 1.165) is 10.4 Å². The number of sulfonamides is 1. The van der Waals surface area contributed by atoms with E-state index < -0.39 is 72.2 Å². The average Bonchev–Trinajstić information content (AvgIpc) is 3.78. The molecule has 20 nitrogen and oxygen atoms in total. The van der Waals surface area contributed by atoms with E-state index >= 15 is 8.42 Å². The number of hydrogen-bond donors (Lipinski definition) is 4. The number of alkyl carbamates (subject to hydrolysis) is 1. The standard InChI is InChI=1S/C47H52N8O12S2/c1-47(2,3)67-46(59)49-27-41(56)50-39-10-8-7-9-37(39)38-23-24-40(68(60,61)26-25-48-45(57)58)43(42(38)44-51-53-55(52-44)30-33-15-21-36(66-6)22-16-33)69(62,63)54(28-31-11-17-34(64-4)18-12-31)29-32-13-19-35(65-5)20-14-32/h7-24,48H,25-30H2,1-6H3,(H,49,59)(H,50,56)(H,57,58). The molecule has 0 radical (unpaired) electrons. The van der Waals surface area contributed by atoms with Crippen molar-refractivity contribution in [1.82, 2.24) is 35.1 Å². The highest BCUT2D eigenvalue weighted by Gasteiger charge is 2.38. The molecular formula is C47H52N8O12S2. The van der Waals surface area contributed by atoms with Crippen molar-refractivity contribution in [3.05, 3.63) is 126 Å². The van der Waals surface area contributed by atoms with Crippen molar-refractivity contribution in [2.45, 2.75) is 55.8 Å². The minimum absolute atomic E-state index is 0.0472. The molecule has 1 heterocycles. The average molecular weight is 985 g/mol. The number of para-hydroxylation sites is 1. The number of hydrogen-bond acceptors (Lipinski definition) is 14. The number of benzene rings is 5. The van der Waals surface area contributed by atoms with Crippen LogP contribution in [0.1, 0.15) is 37.5 Å². The SMILES string of the molecule is COc1ccc(CN(Cc2ccc(OC)cc2)S(=O)(=O)c2c(S(=O)(=O)CCNC(=O)O)ccc(-c3ccccc3NC(=O)CNC(=O)OC(C)(C)C)c2-c2nnn(Cc3ccc(OC)cc3)n2)cc1. The third-order valence-corrected chi connectivity index (χ3v) is 13.9. The molecule has 6 aromatic rings. The lowest BCUT2D eigenvalue weighted by Gasteiger charge is -2.26. The number of carbonyl (C=O) groups is 3. The number of nitrogens with one attached hydrogen (secondary N) is 3. The van der Waals surface area contributed by atoms with E-state index in [1.807, 2.05) is 5.32 Å². The van der Waals surface area contributed by atoms with E-state index in [0.29, 0.717) is 33.9 Å². The molecule has 69 heavy (non-hydrogen) atoms. The lowest BCUT2D eigenvalue weighted by molar-refractivity contribution is -0.115. The van der Waals surface area contributed by atoms with Gasteiger partial charge < -0.3 is 40.0 Å². The smallest absolute Gasteiger partial charge is 0.408 e. The first-order valence-corrected chi connectivity index (χ1v) is 24.3. The highest BCUT2D eigenvalue weighted by atomic mass is 32.2. The Balaban J connectivity index is 1.61. The molecule has 0 saturated carbocycles. The predicted molar refractivity (Wildman–Crippen MR) is 254 cm³/mol. The second-order valence-electron chi connectivity index (χ2n) is 16.3. The van der Waals surface area contributed by atoms with Crippen LogP contribution in [0.5, 0.6) is 17.2 Å². The summed E-state index contributed by atoms with van der Waals surface area (Å²) in [5.41, 5.74) is 1.00. The van der Waals surface area contributed by atoms with Gasteiger partial charge in [0.25, 0.3) is 0 Å². The fourth-order valence-corrected chi connectivity index (χ4v) is 10.6. The largest absolute Gasteiger partial charge is 0.497 e. The number of carbonyl (C=O) groups excluding carboxylic acids is 2. The number of anilines is 1. The van der Waals surface area contributed by atoms with Crippen LogP contribution in [0.25, 0.3) is 22.5 Å². The van der Waals surface area contributed by atoms with E-state index in [1.165, 1.54) is 38.3 Å². The Hall–Kier alpha value is -7.56. The van der Waals surface area contributed by atoms with Gasteiger partial charge in [0.15, 0.2) is 9.84 Å². The molecule has 6 rings (SSSR count). The Morgan fingerprint density at radius 3 is 1.80 bits per heavy atom. The first-order valence-electron chi connectivity index (χ1n) is 21.2. The molecule has 5 aromatic carbocycles. The molecule has 22 heteroatoms. The molecule has 0 saturated heterocycles. The van der Waals surface area contributed by atoms with E-state index in [4.69, 9.17) is 18.9 Å². The maximum atomic E-state index is 16.0. The molecule has 364 valence electrons. The second-order valence-corrected chi connectivity index (χ2v) is 20.2. The molecule has 4 N–H and O–H groups in total. The van der Waals surface area contributed by atoms with Gasteiger partial charge in [0.2, 0.25) is 21.8 Å². The second kappa shape index (κ2) is 22.0. The number of tetrazole rings is 1. The van der Waals surface area contributed by atoms with Crippen LogP contribution >= 0.6 is 0 Å². The number of aromatic nitrogens is 4. The molecule has 0 aliphatic carbocycles. The van der Waals surface area contributed by atoms with Gasteiger partial charge in [-0.25, -0.2) is 26.4 Å². The number of rotatable bonds is 20. The molecule has 1 aromatic heterocycles. The molecule has 0 fully saturated rings. The van der Waals surface area contributed by atoms with E-state index in [-0.39, 0.29) is 47.8 Å². The summed E-state index contributed by atoms with van der Waals surface area (Å²) in [5.74, 6) is -0.205. The molecule has 0 aliphatic rings. The normalized spacial score (nSPS) is 11.7.